The van der Waals surface area contributed by atoms with Crippen molar-refractivity contribution < 1.29 is 4.79 Å². The van der Waals surface area contributed by atoms with Gasteiger partial charge in [0.05, 0.1) is 17.9 Å². The number of benzene rings is 2. The third-order valence-electron chi connectivity index (χ3n) is 6.15. The van der Waals surface area contributed by atoms with Crippen LogP contribution in [-0.2, 0) is 6.54 Å². The lowest BCUT2D eigenvalue weighted by atomic mass is 9.83. The highest BCUT2D eigenvalue weighted by molar-refractivity contribution is 6.11. The summed E-state index contributed by atoms with van der Waals surface area (Å²) < 4.78 is 0. The van der Waals surface area contributed by atoms with Crippen LogP contribution in [0.2, 0.25) is 0 Å². The van der Waals surface area contributed by atoms with E-state index >= 15 is 0 Å². The molecule has 2 amide bonds. The molecule has 0 aromatic heterocycles. The Morgan fingerprint density at radius 3 is 2.47 bits per heavy atom. The number of amides is 2. The fraction of sp³-hybridized carbons (Fsp3) is 0.400. The van der Waals surface area contributed by atoms with Crippen molar-refractivity contribution in [2.45, 2.75) is 45.1 Å². The fourth-order valence-electron chi connectivity index (χ4n) is 4.58. The minimum Gasteiger partial charge on any atom is -0.370 e. The van der Waals surface area contributed by atoms with Crippen molar-refractivity contribution in [3.05, 3.63) is 65.7 Å². The van der Waals surface area contributed by atoms with Crippen LogP contribution < -0.4 is 16.4 Å². The Labute approximate surface area is 189 Å². The second-order valence-electron chi connectivity index (χ2n) is 8.47. The summed E-state index contributed by atoms with van der Waals surface area (Å²) in [6.45, 7) is 1.43. The van der Waals surface area contributed by atoms with Crippen molar-refractivity contribution >= 4 is 23.4 Å². The molecule has 168 valence electrons. The molecule has 0 radical (unpaired) electrons. The first-order valence-corrected chi connectivity index (χ1v) is 11.5. The standard InChI is InChI=1S/C25H32N6O/c26-24(27)28-16-9-17-30-22-15-8-7-14-21(22)23(20-12-5-2-6-13-20)29-31(25(30)32)18-19-10-3-1-4-11-19/h1,3-4,7-8,10-11,14-15,20H,2,5-6,9,12-13,16-18H2,(H4,26,27,28). The van der Waals surface area contributed by atoms with E-state index in [9.17, 15) is 4.79 Å². The molecule has 2 aromatic rings. The molecule has 1 fully saturated rings. The van der Waals surface area contributed by atoms with Gasteiger partial charge in [-0.25, -0.2) is 9.80 Å². The van der Waals surface area contributed by atoms with Crippen LogP contribution in [0, 0.1) is 5.92 Å². The molecular formula is C25H32N6O. The van der Waals surface area contributed by atoms with Crippen LogP contribution in [0.5, 0.6) is 0 Å². The monoisotopic (exact) mass is 432 g/mol. The van der Waals surface area contributed by atoms with E-state index in [-0.39, 0.29) is 12.0 Å². The van der Waals surface area contributed by atoms with E-state index in [1.54, 1.807) is 5.01 Å². The topological polar surface area (TPSA) is 100 Å². The Kier molecular flexibility index (Phi) is 7.04. The van der Waals surface area contributed by atoms with E-state index in [1.807, 2.05) is 53.4 Å². The van der Waals surface area contributed by atoms with Crippen LogP contribution >= 0.6 is 0 Å². The van der Waals surface area contributed by atoms with Gasteiger partial charge in [0.25, 0.3) is 0 Å². The number of fused-ring (bicyclic) bond motifs is 1. The largest absolute Gasteiger partial charge is 0.370 e. The van der Waals surface area contributed by atoms with E-state index in [1.165, 1.54) is 19.3 Å². The molecule has 0 atom stereocenters. The number of rotatable bonds is 7. The molecule has 7 nitrogen and oxygen atoms in total. The second-order valence-corrected chi connectivity index (χ2v) is 8.47. The molecular weight excluding hydrogens is 400 g/mol. The maximum absolute atomic E-state index is 13.7. The zero-order chi connectivity index (χ0) is 22.3. The van der Waals surface area contributed by atoms with Crippen molar-refractivity contribution in [2.75, 3.05) is 18.0 Å². The molecule has 2 aliphatic rings. The summed E-state index contributed by atoms with van der Waals surface area (Å²) in [5, 5.41) is 6.65. The fourth-order valence-corrected chi connectivity index (χ4v) is 4.58. The Morgan fingerprint density at radius 1 is 1.00 bits per heavy atom. The normalized spacial score (nSPS) is 16.9. The van der Waals surface area contributed by atoms with Crippen molar-refractivity contribution in [3.8, 4) is 0 Å². The molecule has 1 saturated carbocycles. The van der Waals surface area contributed by atoms with E-state index in [0.717, 1.165) is 35.4 Å². The molecule has 2 aromatic carbocycles. The summed E-state index contributed by atoms with van der Waals surface area (Å²) in [5.41, 5.74) is 15.0. The number of carbonyl (C=O) groups excluding carboxylic acids is 1. The first-order chi connectivity index (χ1) is 15.6. The number of aliphatic imine (C=N–C) groups is 1. The number of urea groups is 1. The first kappa shape index (κ1) is 21.9. The Balaban J connectivity index is 1.70. The number of para-hydroxylation sites is 1. The molecule has 1 heterocycles. The van der Waals surface area contributed by atoms with Gasteiger partial charge in [0, 0.05) is 24.6 Å². The van der Waals surface area contributed by atoms with Crippen LogP contribution in [0.1, 0.15) is 49.7 Å². The van der Waals surface area contributed by atoms with Crippen LogP contribution in [-0.4, -0.2) is 35.8 Å². The van der Waals surface area contributed by atoms with Gasteiger partial charge in [-0.1, -0.05) is 67.8 Å². The molecule has 4 N–H and O–H groups in total. The molecule has 0 bridgehead atoms. The summed E-state index contributed by atoms with van der Waals surface area (Å²) in [7, 11) is 0. The van der Waals surface area contributed by atoms with E-state index in [4.69, 9.17) is 16.6 Å². The zero-order valence-corrected chi connectivity index (χ0v) is 18.5. The van der Waals surface area contributed by atoms with Crippen molar-refractivity contribution in [2.24, 2.45) is 27.5 Å². The number of nitrogens with two attached hydrogens (primary N) is 2. The number of hydrogen-bond donors (Lipinski definition) is 2. The van der Waals surface area contributed by atoms with Gasteiger partial charge in [-0.2, -0.15) is 5.10 Å². The molecule has 4 rings (SSSR count). The number of hydrogen-bond acceptors (Lipinski definition) is 3. The average molecular weight is 433 g/mol. The zero-order valence-electron chi connectivity index (χ0n) is 18.5. The highest BCUT2D eigenvalue weighted by atomic mass is 16.2. The number of hydrazone groups is 1. The van der Waals surface area contributed by atoms with Gasteiger partial charge in [0.1, 0.15) is 0 Å². The van der Waals surface area contributed by atoms with Gasteiger partial charge in [0.15, 0.2) is 5.96 Å². The van der Waals surface area contributed by atoms with Gasteiger partial charge in [0.2, 0.25) is 0 Å². The van der Waals surface area contributed by atoms with E-state index in [0.29, 0.717) is 32.0 Å². The quantitative estimate of drug-likeness (QED) is 0.392. The number of nitrogens with zero attached hydrogens (tertiary/aromatic N) is 4. The first-order valence-electron chi connectivity index (χ1n) is 11.5. The summed E-state index contributed by atoms with van der Waals surface area (Å²) >= 11 is 0. The number of anilines is 1. The molecule has 0 saturated heterocycles. The molecule has 0 unspecified atom stereocenters. The van der Waals surface area contributed by atoms with Crippen molar-refractivity contribution in [1.82, 2.24) is 5.01 Å². The third-order valence-corrected chi connectivity index (χ3v) is 6.15. The minimum atomic E-state index is -0.114. The van der Waals surface area contributed by atoms with Crippen molar-refractivity contribution in [3.63, 3.8) is 0 Å². The molecule has 0 spiro atoms. The van der Waals surface area contributed by atoms with Crippen LogP contribution in [0.15, 0.2) is 64.7 Å². The summed E-state index contributed by atoms with van der Waals surface area (Å²) in [6, 6.07) is 18.1. The highest BCUT2D eigenvalue weighted by Crippen LogP contribution is 2.34. The molecule has 1 aliphatic heterocycles. The maximum atomic E-state index is 13.7. The third kappa shape index (κ3) is 5.10. The molecule has 1 aliphatic carbocycles. The predicted molar refractivity (Wildman–Crippen MR) is 130 cm³/mol. The lowest BCUT2D eigenvalue weighted by Crippen LogP contribution is -2.40. The van der Waals surface area contributed by atoms with Crippen LogP contribution in [0.25, 0.3) is 0 Å². The summed E-state index contributed by atoms with van der Waals surface area (Å²) in [4.78, 5) is 19.6. The Hall–Kier alpha value is -3.35. The smallest absolute Gasteiger partial charge is 0.345 e. The summed E-state index contributed by atoms with van der Waals surface area (Å²) in [5.74, 6) is 0.443. The van der Waals surface area contributed by atoms with Gasteiger partial charge in [-0.15, -0.1) is 0 Å². The van der Waals surface area contributed by atoms with E-state index in [2.05, 4.69) is 11.1 Å². The average Bonchev–Trinajstić information content (AvgIpc) is 2.93. The van der Waals surface area contributed by atoms with Gasteiger partial charge in [-0.05, 0) is 30.9 Å². The van der Waals surface area contributed by atoms with Gasteiger partial charge >= 0.3 is 6.03 Å². The van der Waals surface area contributed by atoms with Crippen LogP contribution in [0.3, 0.4) is 0 Å². The van der Waals surface area contributed by atoms with E-state index < -0.39 is 0 Å². The molecule has 7 heteroatoms. The summed E-state index contributed by atoms with van der Waals surface area (Å²) in [6.07, 6.45) is 6.59. The lowest BCUT2D eigenvalue weighted by molar-refractivity contribution is 0.204. The van der Waals surface area contributed by atoms with Gasteiger partial charge in [-0.3, -0.25) is 9.89 Å². The molecule has 32 heavy (non-hydrogen) atoms. The highest BCUT2D eigenvalue weighted by Gasteiger charge is 2.32. The maximum Gasteiger partial charge on any atom is 0.345 e. The number of guanidine groups is 1. The Bertz CT molecular complexity index is 977. The SMILES string of the molecule is NC(N)=NCCCN1C(=O)N(Cc2ccccc2)N=C(C2CCCCC2)c2ccccc21. The van der Waals surface area contributed by atoms with Gasteiger partial charge < -0.3 is 11.5 Å². The van der Waals surface area contributed by atoms with Crippen LogP contribution in [0.4, 0.5) is 10.5 Å². The minimum absolute atomic E-state index is 0.0706. The lowest BCUT2D eigenvalue weighted by Gasteiger charge is -2.26. The predicted octanol–water partition coefficient (Wildman–Crippen LogP) is 4.08. The number of carbonyl (C=O) groups is 1. The Morgan fingerprint density at radius 2 is 1.72 bits per heavy atom. The second kappa shape index (κ2) is 10.3. The van der Waals surface area contributed by atoms with Crippen molar-refractivity contribution in [1.29, 1.82) is 0 Å².